The third-order valence-corrected chi connectivity index (χ3v) is 4.55. The lowest BCUT2D eigenvalue weighted by atomic mass is 10.1. The standard InChI is InChI=1S/C14H19ClN4OS/c1-9(2)10(3)19-13(6-7-17-19)18-14(20)16-8-11-4-5-12(15)21-11/h4-7,9-10H,8H2,1-3H3,(H2,16,18,20)/t10-/m0/s1. The van der Waals surface area contributed by atoms with Crippen molar-refractivity contribution in [3.05, 3.63) is 33.6 Å². The molecule has 0 spiro atoms. The van der Waals surface area contributed by atoms with Crippen LogP contribution in [0.5, 0.6) is 0 Å². The molecule has 0 saturated carbocycles. The number of hydrogen-bond donors (Lipinski definition) is 2. The van der Waals surface area contributed by atoms with Gasteiger partial charge >= 0.3 is 6.03 Å². The number of nitrogens with zero attached hydrogens (tertiary/aromatic N) is 2. The predicted octanol–water partition coefficient (Wildman–Crippen LogP) is 4.14. The van der Waals surface area contributed by atoms with Crippen LogP contribution in [0.4, 0.5) is 10.6 Å². The first-order valence-corrected chi connectivity index (χ1v) is 7.99. The normalized spacial score (nSPS) is 12.4. The predicted molar refractivity (Wildman–Crippen MR) is 87.0 cm³/mol. The Labute approximate surface area is 133 Å². The Morgan fingerprint density at radius 1 is 1.38 bits per heavy atom. The Balaban J connectivity index is 1.92. The zero-order valence-corrected chi connectivity index (χ0v) is 13.8. The van der Waals surface area contributed by atoms with Gasteiger partial charge in [-0.3, -0.25) is 5.32 Å². The second-order valence-electron chi connectivity index (χ2n) is 5.16. The van der Waals surface area contributed by atoms with Gasteiger partial charge < -0.3 is 5.32 Å². The summed E-state index contributed by atoms with van der Waals surface area (Å²) in [5.41, 5.74) is 0. The van der Waals surface area contributed by atoms with E-state index in [4.69, 9.17) is 11.6 Å². The molecule has 2 aromatic heterocycles. The van der Waals surface area contributed by atoms with Crippen molar-refractivity contribution in [1.82, 2.24) is 15.1 Å². The van der Waals surface area contributed by atoms with Crippen LogP contribution < -0.4 is 10.6 Å². The molecule has 0 aliphatic rings. The van der Waals surface area contributed by atoms with Gasteiger partial charge in [0.25, 0.3) is 0 Å². The maximum atomic E-state index is 11.9. The van der Waals surface area contributed by atoms with Gasteiger partial charge in [-0.15, -0.1) is 11.3 Å². The largest absolute Gasteiger partial charge is 0.333 e. The van der Waals surface area contributed by atoms with Gasteiger partial charge in [0.15, 0.2) is 0 Å². The second kappa shape index (κ2) is 6.95. The van der Waals surface area contributed by atoms with E-state index in [0.29, 0.717) is 18.3 Å². The van der Waals surface area contributed by atoms with E-state index in [0.717, 1.165) is 9.21 Å². The molecule has 7 heteroatoms. The van der Waals surface area contributed by atoms with Gasteiger partial charge in [0.2, 0.25) is 0 Å². The fourth-order valence-electron chi connectivity index (χ4n) is 1.79. The number of hydrogen-bond acceptors (Lipinski definition) is 3. The summed E-state index contributed by atoms with van der Waals surface area (Å²) in [4.78, 5) is 13.0. The van der Waals surface area contributed by atoms with Crippen molar-refractivity contribution in [2.75, 3.05) is 5.32 Å². The maximum Gasteiger partial charge on any atom is 0.320 e. The molecule has 2 amide bonds. The second-order valence-corrected chi connectivity index (χ2v) is 6.96. The van der Waals surface area contributed by atoms with Crippen LogP contribution in [0.25, 0.3) is 0 Å². The van der Waals surface area contributed by atoms with Crippen molar-refractivity contribution in [2.24, 2.45) is 5.92 Å². The highest BCUT2D eigenvalue weighted by atomic mass is 35.5. The molecule has 0 bridgehead atoms. The molecule has 0 aliphatic carbocycles. The zero-order valence-electron chi connectivity index (χ0n) is 12.3. The van der Waals surface area contributed by atoms with E-state index in [-0.39, 0.29) is 12.1 Å². The van der Waals surface area contributed by atoms with Crippen LogP contribution in [0.2, 0.25) is 4.34 Å². The molecule has 0 aliphatic heterocycles. The average Bonchev–Trinajstić information content (AvgIpc) is 3.04. The minimum Gasteiger partial charge on any atom is -0.333 e. The van der Waals surface area contributed by atoms with Crippen LogP contribution in [0.3, 0.4) is 0 Å². The Kier molecular flexibility index (Phi) is 5.25. The molecule has 0 fully saturated rings. The molecular weight excluding hydrogens is 308 g/mol. The maximum absolute atomic E-state index is 11.9. The highest BCUT2D eigenvalue weighted by molar-refractivity contribution is 7.16. The lowest BCUT2D eigenvalue weighted by Gasteiger charge is -2.19. The van der Waals surface area contributed by atoms with E-state index < -0.39 is 0 Å². The van der Waals surface area contributed by atoms with Crippen molar-refractivity contribution >= 4 is 34.8 Å². The van der Waals surface area contributed by atoms with Gasteiger partial charge in [-0.1, -0.05) is 25.4 Å². The first kappa shape index (κ1) is 15.9. The summed E-state index contributed by atoms with van der Waals surface area (Å²) in [6, 6.07) is 5.47. The van der Waals surface area contributed by atoms with E-state index in [1.807, 2.05) is 16.8 Å². The van der Waals surface area contributed by atoms with E-state index in [9.17, 15) is 4.79 Å². The van der Waals surface area contributed by atoms with Gasteiger partial charge in [-0.05, 0) is 25.0 Å². The number of thiophene rings is 1. The Morgan fingerprint density at radius 2 is 2.14 bits per heavy atom. The van der Waals surface area contributed by atoms with Crippen molar-refractivity contribution in [3.63, 3.8) is 0 Å². The highest BCUT2D eigenvalue weighted by Crippen LogP contribution is 2.22. The number of halogens is 1. The van der Waals surface area contributed by atoms with Crippen LogP contribution in [-0.2, 0) is 6.54 Å². The highest BCUT2D eigenvalue weighted by Gasteiger charge is 2.15. The lowest BCUT2D eigenvalue weighted by Crippen LogP contribution is -2.29. The Bertz CT molecular complexity index is 608. The lowest BCUT2D eigenvalue weighted by molar-refractivity contribution is 0.251. The molecular formula is C14H19ClN4OS. The molecule has 1 atom stereocenters. The molecule has 2 heterocycles. The summed E-state index contributed by atoms with van der Waals surface area (Å²) in [6.07, 6.45) is 1.69. The smallest absolute Gasteiger partial charge is 0.320 e. The van der Waals surface area contributed by atoms with Crippen LogP contribution in [-0.4, -0.2) is 15.8 Å². The van der Waals surface area contributed by atoms with Gasteiger partial charge in [0, 0.05) is 10.9 Å². The number of aromatic nitrogens is 2. The van der Waals surface area contributed by atoms with Crippen molar-refractivity contribution in [1.29, 1.82) is 0 Å². The number of carbonyl (C=O) groups excluding carboxylic acids is 1. The molecule has 0 saturated heterocycles. The Hall–Kier alpha value is -1.53. The number of amides is 2. The topological polar surface area (TPSA) is 59.0 Å². The van der Waals surface area contributed by atoms with Crippen LogP contribution >= 0.6 is 22.9 Å². The molecule has 114 valence electrons. The molecule has 0 unspecified atom stereocenters. The number of carbonyl (C=O) groups is 1. The van der Waals surface area contributed by atoms with Crippen molar-refractivity contribution in [3.8, 4) is 0 Å². The summed E-state index contributed by atoms with van der Waals surface area (Å²) in [6.45, 7) is 6.78. The monoisotopic (exact) mass is 326 g/mol. The average molecular weight is 327 g/mol. The van der Waals surface area contributed by atoms with E-state index in [1.165, 1.54) is 11.3 Å². The van der Waals surface area contributed by atoms with Crippen molar-refractivity contribution < 1.29 is 4.79 Å². The quantitative estimate of drug-likeness (QED) is 0.867. The number of urea groups is 1. The van der Waals surface area contributed by atoms with E-state index >= 15 is 0 Å². The first-order chi connectivity index (χ1) is 9.97. The van der Waals surface area contributed by atoms with Gasteiger partial charge in [-0.2, -0.15) is 5.10 Å². The minimum atomic E-state index is -0.253. The third kappa shape index (κ3) is 4.22. The van der Waals surface area contributed by atoms with E-state index in [1.54, 1.807) is 12.3 Å². The molecule has 5 nitrogen and oxygen atoms in total. The molecule has 0 aromatic carbocycles. The van der Waals surface area contributed by atoms with Crippen LogP contribution in [0.15, 0.2) is 24.4 Å². The van der Waals surface area contributed by atoms with Gasteiger partial charge in [-0.25, -0.2) is 9.48 Å². The number of rotatable bonds is 5. The molecule has 2 N–H and O–H groups in total. The fraction of sp³-hybridized carbons (Fsp3) is 0.429. The van der Waals surface area contributed by atoms with Gasteiger partial charge in [0.05, 0.1) is 23.1 Å². The summed E-state index contributed by atoms with van der Waals surface area (Å²) in [5, 5.41) is 9.90. The zero-order chi connectivity index (χ0) is 15.4. The SMILES string of the molecule is CC(C)[C@H](C)n1nccc1NC(=O)NCc1ccc(Cl)s1. The Morgan fingerprint density at radius 3 is 2.76 bits per heavy atom. The fourth-order valence-corrected chi connectivity index (χ4v) is 2.82. The summed E-state index contributed by atoms with van der Waals surface area (Å²) < 4.78 is 2.54. The van der Waals surface area contributed by atoms with Crippen LogP contribution in [0.1, 0.15) is 31.7 Å². The first-order valence-electron chi connectivity index (χ1n) is 6.80. The summed E-state index contributed by atoms with van der Waals surface area (Å²) in [5.74, 6) is 1.12. The third-order valence-electron chi connectivity index (χ3n) is 3.31. The molecule has 21 heavy (non-hydrogen) atoms. The van der Waals surface area contributed by atoms with E-state index in [2.05, 4.69) is 36.5 Å². The summed E-state index contributed by atoms with van der Waals surface area (Å²) in [7, 11) is 0. The number of anilines is 1. The minimum absolute atomic E-state index is 0.214. The molecule has 2 rings (SSSR count). The van der Waals surface area contributed by atoms with Crippen LogP contribution in [0, 0.1) is 5.92 Å². The van der Waals surface area contributed by atoms with Gasteiger partial charge in [0.1, 0.15) is 5.82 Å². The molecule has 2 aromatic rings. The molecule has 0 radical (unpaired) electrons. The number of nitrogens with one attached hydrogen (secondary N) is 2. The summed E-state index contributed by atoms with van der Waals surface area (Å²) >= 11 is 7.31. The van der Waals surface area contributed by atoms with Crippen molar-refractivity contribution in [2.45, 2.75) is 33.4 Å².